The smallest absolute Gasteiger partial charge is 0.185 e. The second-order valence-electron chi connectivity index (χ2n) is 6.96. The number of carbonyl (C=O) groups excluding carboxylic acids is 1. The van der Waals surface area contributed by atoms with Gasteiger partial charge in [-0.1, -0.05) is 12.2 Å². The Morgan fingerprint density at radius 1 is 1.17 bits per heavy atom. The van der Waals surface area contributed by atoms with E-state index in [4.69, 9.17) is 4.74 Å². The number of aromatic hydroxyl groups is 1. The predicted molar refractivity (Wildman–Crippen MR) is 121 cm³/mol. The quantitative estimate of drug-likeness (QED) is 0.316. The Balaban J connectivity index is 2.49. The van der Waals surface area contributed by atoms with E-state index in [0.717, 1.165) is 16.8 Å². The summed E-state index contributed by atoms with van der Waals surface area (Å²) in [4.78, 5) is 12.6. The lowest BCUT2D eigenvalue weighted by Gasteiger charge is -2.19. The Morgan fingerprint density at radius 3 is 2.38 bits per heavy atom. The van der Waals surface area contributed by atoms with Gasteiger partial charge in [-0.25, -0.2) is 0 Å². The number of hydrogen-bond acceptors (Lipinski definition) is 4. The maximum atomic E-state index is 12.6. The zero-order valence-corrected chi connectivity index (χ0v) is 17.4. The van der Waals surface area contributed by atoms with Crippen molar-refractivity contribution in [1.29, 1.82) is 0 Å². The zero-order valence-electron chi connectivity index (χ0n) is 17.4. The van der Waals surface area contributed by atoms with Crippen LogP contribution < -0.4 is 10.1 Å². The Morgan fingerprint density at radius 2 is 1.83 bits per heavy atom. The molecule has 0 saturated heterocycles. The number of nitrogens with one attached hydrogen (secondary N) is 1. The van der Waals surface area contributed by atoms with Crippen LogP contribution in [0.25, 0.3) is 6.08 Å². The van der Waals surface area contributed by atoms with Gasteiger partial charge >= 0.3 is 0 Å². The molecule has 0 bridgehead atoms. The molecule has 0 radical (unpaired) electrons. The van der Waals surface area contributed by atoms with Crippen molar-refractivity contribution >= 4 is 17.5 Å². The molecule has 152 valence electrons. The lowest BCUT2D eigenvalue weighted by molar-refractivity contribution is 0.104. The van der Waals surface area contributed by atoms with Gasteiger partial charge in [0.05, 0.1) is 6.10 Å². The number of ketones is 1. The molecular formula is C25H29NO3. The van der Waals surface area contributed by atoms with E-state index in [1.165, 1.54) is 6.08 Å². The highest BCUT2D eigenvalue weighted by atomic mass is 16.5. The summed E-state index contributed by atoms with van der Waals surface area (Å²) in [5.74, 6) is 0.651. The number of benzene rings is 2. The molecule has 0 fully saturated rings. The largest absolute Gasteiger partial charge is 0.507 e. The van der Waals surface area contributed by atoms with Crippen LogP contribution in [0.15, 0.2) is 61.7 Å². The van der Waals surface area contributed by atoms with Gasteiger partial charge in [0.1, 0.15) is 11.5 Å². The van der Waals surface area contributed by atoms with Gasteiger partial charge in [-0.05, 0) is 74.7 Å². The molecule has 0 aliphatic heterocycles. The number of rotatable bonds is 10. The SMILES string of the molecule is C=CCc1cc(/C=C/C(=O)c2ccc(NC)cc2)c(OC(C)C)c(CC=C)c1O. The summed E-state index contributed by atoms with van der Waals surface area (Å²) >= 11 is 0. The molecule has 2 aromatic rings. The molecule has 2 rings (SSSR count). The standard InChI is InChI=1S/C25H29NO3/c1-6-8-19-16-20(25(29-17(3)4)22(9-7-2)24(19)28)12-15-23(27)18-10-13-21(26-5)14-11-18/h6-7,10-17,26,28H,1-2,8-9H2,3-5H3/b15-12+. The highest BCUT2D eigenvalue weighted by Crippen LogP contribution is 2.37. The highest BCUT2D eigenvalue weighted by Gasteiger charge is 2.18. The molecule has 0 aromatic heterocycles. The first-order valence-electron chi connectivity index (χ1n) is 9.67. The Bertz CT molecular complexity index is 909. The Hall–Kier alpha value is -3.27. The minimum atomic E-state index is -0.105. The van der Waals surface area contributed by atoms with Crippen molar-refractivity contribution in [1.82, 2.24) is 0 Å². The maximum Gasteiger partial charge on any atom is 0.185 e. The van der Waals surface area contributed by atoms with E-state index in [2.05, 4.69) is 18.5 Å². The van der Waals surface area contributed by atoms with Gasteiger partial charge in [-0.3, -0.25) is 4.79 Å². The molecular weight excluding hydrogens is 362 g/mol. The van der Waals surface area contributed by atoms with Crippen LogP contribution in [0.1, 0.15) is 40.9 Å². The number of carbonyl (C=O) groups is 1. The first-order chi connectivity index (χ1) is 13.9. The molecule has 0 aliphatic carbocycles. The van der Waals surface area contributed by atoms with Crippen molar-refractivity contribution in [2.75, 3.05) is 12.4 Å². The molecule has 0 atom stereocenters. The number of phenolic OH excluding ortho intramolecular Hbond substituents is 1. The van der Waals surface area contributed by atoms with Crippen molar-refractivity contribution in [3.05, 3.63) is 84.0 Å². The molecule has 0 unspecified atom stereocenters. The van der Waals surface area contributed by atoms with Crippen LogP contribution in [0.4, 0.5) is 5.69 Å². The van der Waals surface area contributed by atoms with Crippen LogP contribution in [0.3, 0.4) is 0 Å². The average molecular weight is 392 g/mol. The summed E-state index contributed by atoms with van der Waals surface area (Å²) < 4.78 is 6.01. The average Bonchev–Trinajstić information content (AvgIpc) is 2.71. The molecule has 29 heavy (non-hydrogen) atoms. The van der Waals surface area contributed by atoms with Crippen LogP contribution >= 0.6 is 0 Å². The fourth-order valence-corrected chi connectivity index (χ4v) is 3.00. The van der Waals surface area contributed by atoms with Crippen molar-refractivity contribution in [2.24, 2.45) is 0 Å². The van der Waals surface area contributed by atoms with Gasteiger partial charge in [0.15, 0.2) is 5.78 Å². The lowest BCUT2D eigenvalue weighted by Crippen LogP contribution is -2.10. The molecule has 0 spiro atoms. The summed E-state index contributed by atoms with van der Waals surface area (Å²) in [6.07, 6.45) is 7.62. The topological polar surface area (TPSA) is 58.6 Å². The van der Waals surface area contributed by atoms with E-state index in [0.29, 0.717) is 29.7 Å². The summed E-state index contributed by atoms with van der Waals surface area (Å²) in [5.41, 5.74) is 3.69. The Kier molecular flexibility index (Phi) is 7.84. The van der Waals surface area contributed by atoms with E-state index in [1.54, 1.807) is 30.4 Å². The van der Waals surface area contributed by atoms with Crippen molar-refractivity contribution in [2.45, 2.75) is 32.8 Å². The third-order valence-corrected chi connectivity index (χ3v) is 4.39. The van der Waals surface area contributed by atoms with E-state index in [1.807, 2.05) is 39.1 Å². The molecule has 2 N–H and O–H groups in total. The number of phenols is 1. The van der Waals surface area contributed by atoms with Gasteiger partial charge in [0, 0.05) is 29.4 Å². The first-order valence-corrected chi connectivity index (χ1v) is 9.67. The van der Waals surface area contributed by atoms with Gasteiger partial charge in [0.2, 0.25) is 0 Å². The summed E-state index contributed by atoms with van der Waals surface area (Å²) in [5, 5.41) is 13.7. The third-order valence-electron chi connectivity index (χ3n) is 4.39. The highest BCUT2D eigenvalue weighted by molar-refractivity contribution is 6.07. The molecule has 4 nitrogen and oxygen atoms in total. The fraction of sp³-hybridized carbons (Fsp3) is 0.240. The van der Waals surface area contributed by atoms with E-state index >= 15 is 0 Å². The molecule has 0 aliphatic rings. The molecule has 0 heterocycles. The molecule has 0 amide bonds. The van der Waals surface area contributed by atoms with Crippen molar-refractivity contribution < 1.29 is 14.6 Å². The zero-order chi connectivity index (χ0) is 21.4. The summed E-state index contributed by atoms with van der Waals surface area (Å²) in [6.45, 7) is 11.4. The summed E-state index contributed by atoms with van der Waals surface area (Å²) in [6, 6.07) is 9.13. The van der Waals surface area contributed by atoms with Crippen LogP contribution in [-0.2, 0) is 12.8 Å². The minimum absolute atomic E-state index is 0.0832. The third kappa shape index (κ3) is 5.61. The van der Waals surface area contributed by atoms with Gasteiger partial charge in [-0.2, -0.15) is 0 Å². The molecule has 0 saturated carbocycles. The van der Waals surface area contributed by atoms with E-state index in [-0.39, 0.29) is 17.6 Å². The number of ether oxygens (including phenoxy) is 1. The van der Waals surface area contributed by atoms with Crippen molar-refractivity contribution in [3.63, 3.8) is 0 Å². The van der Waals surface area contributed by atoms with E-state index < -0.39 is 0 Å². The second-order valence-corrected chi connectivity index (χ2v) is 6.96. The lowest BCUT2D eigenvalue weighted by atomic mass is 9.97. The van der Waals surface area contributed by atoms with Crippen LogP contribution in [0.2, 0.25) is 0 Å². The minimum Gasteiger partial charge on any atom is -0.507 e. The van der Waals surface area contributed by atoms with Gasteiger partial charge < -0.3 is 15.2 Å². The summed E-state index contributed by atoms with van der Waals surface area (Å²) in [7, 11) is 1.83. The molecule has 4 heteroatoms. The van der Waals surface area contributed by atoms with E-state index in [9.17, 15) is 9.90 Å². The number of hydrogen-bond donors (Lipinski definition) is 2. The second kappa shape index (κ2) is 10.3. The first kappa shape index (κ1) is 22.0. The van der Waals surface area contributed by atoms with Gasteiger partial charge in [0.25, 0.3) is 0 Å². The van der Waals surface area contributed by atoms with Crippen LogP contribution in [-0.4, -0.2) is 24.0 Å². The molecule has 2 aromatic carbocycles. The number of anilines is 1. The monoisotopic (exact) mass is 391 g/mol. The van der Waals surface area contributed by atoms with Gasteiger partial charge in [-0.15, -0.1) is 13.2 Å². The van der Waals surface area contributed by atoms with Crippen LogP contribution in [0.5, 0.6) is 11.5 Å². The fourth-order valence-electron chi connectivity index (χ4n) is 3.00. The Labute approximate surface area is 173 Å². The predicted octanol–water partition coefficient (Wildman–Crippen LogP) is 5.57. The van der Waals surface area contributed by atoms with Crippen molar-refractivity contribution in [3.8, 4) is 11.5 Å². The normalized spacial score (nSPS) is 10.9. The van der Waals surface area contributed by atoms with Crippen LogP contribution in [0, 0.1) is 0 Å². The number of allylic oxidation sites excluding steroid dienone is 3. The maximum absolute atomic E-state index is 12.6.